The lowest BCUT2D eigenvalue weighted by Gasteiger charge is -2.34. The molecule has 0 aliphatic carbocycles. The Kier molecular flexibility index (Phi) is 5.37. The number of likely N-dealkylation sites (tertiary alicyclic amines) is 1. The maximum atomic E-state index is 12.7. The normalized spacial score (nSPS) is 27.9. The van der Waals surface area contributed by atoms with Gasteiger partial charge in [-0.05, 0) is 31.7 Å². The maximum Gasteiger partial charge on any atom is 0.227 e. The zero-order valence-corrected chi connectivity index (χ0v) is 15.9. The van der Waals surface area contributed by atoms with Gasteiger partial charge >= 0.3 is 0 Å². The van der Waals surface area contributed by atoms with Gasteiger partial charge in [0.15, 0.2) is 9.84 Å². The van der Waals surface area contributed by atoms with Gasteiger partial charge in [0.2, 0.25) is 11.8 Å². The molecule has 6 nitrogen and oxygen atoms in total. The molecule has 142 valence electrons. The van der Waals surface area contributed by atoms with Gasteiger partial charge in [0.05, 0.1) is 29.4 Å². The minimum atomic E-state index is -3.07. The summed E-state index contributed by atoms with van der Waals surface area (Å²) in [7, 11) is -3.07. The van der Waals surface area contributed by atoms with Crippen molar-refractivity contribution in [2.45, 2.75) is 38.1 Å². The first-order chi connectivity index (χ1) is 12.3. The standard InChI is InChI=1S/C19H26N2O4S/c1-19(9-11-26(24,25)14-19)20-18(23)16-8-5-10-21(13-16)17(22)12-15-6-3-2-4-7-15/h2-4,6-7,16H,5,8-14H2,1H3,(H,20,23)/t16-,19+/m1/s1. The van der Waals surface area contributed by atoms with Crippen molar-refractivity contribution in [2.24, 2.45) is 5.92 Å². The highest BCUT2D eigenvalue weighted by atomic mass is 32.2. The van der Waals surface area contributed by atoms with Crippen molar-refractivity contribution in [3.63, 3.8) is 0 Å². The van der Waals surface area contributed by atoms with Crippen LogP contribution in [0.25, 0.3) is 0 Å². The van der Waals surface area contributed by atoms with Crippen molar-refractivity contribution in [1.82, 2.24) is 10.2 Å². The number of hydrogen-bond acceptors (Lipinski definition) is 4. The van der Waals surface area contributed by atoms with E-state index in [9.17, 15) is 18.0 Å². The molecule has 2 fully saturated rings. The Hall–Kier alpha value is -1.89. The lowest BCUT2D eigenvalue weighted by atomic mass is 9.94. The molecule has 1 aromatic rings. The number of sulfone groups is 1. The monoisotopic (exact) mass is 378 g/mol. The number of rotatable bonds is 4. The molecular formula is C19H26N2O4S. The highest BCUT2D eigenvalue weighted by Gasteiger charge is 2.41. The molecule has 0 bridgehead atoms. The third-order valence-electron chi connectivity index (χ3n) is 5.27. The van der Waals surface area contributed by atoms with Crippen LogP contribution in [-0.4, -0.2) is 55.3 Å². The number of benzene rings is 1. The molecule has 7 heteroatoms. The van der Waals surface area contributed by atoms with Crippen LogP contribution >= 0.6 is 0 Å². The van der Waals surface area contributed by atoms with Gasteiger partial charge in [-0.1, -0.05) is 30.3 Å². The van der Waals surface area contributed by atoms with Crippen LogP contribution in [0.3, 0.4) is 0 Å². The minimum Gasteiger partial charge on any atom is -0.350 e. The van der Waals surface area contributed by atoms with Gasteiger partial charge in [0, 0.05) is 13.1 Å². The fourth-order valence-corrected chi connectivity index (χ4v) is 5.90. The molecule has 0 unspecified atom stereocenters. The summed E-state index contributed by atoms with van der Waals surface area (Å²) in [5.74, 6) is -0.264. The van der Waals surface area contributed by atoms with Crippen molar-refractivity contribution >= 4 is 21.7 Å². The number of amides is 2. The number of carbonyl (C=O) groups excluding carboxylic acids is 2. The number of hydrogen-bond donors (Lipinski definition) is 1. The molecule has 3 rings (SSSR count). The topological polar surface area (TPSA) is 83.6 Å². The van der Waals surface area contributed by atoms with Crippen LogP contribution in [0.2, 0.25) is 0 Å². The lowest BCUT2D eigenvalue weighted by Crippen LogP contribution is -2.52. The molecular weight excluding hydrogens is 352 g/mol. The Labute approximate surface area is 154 Å². The molecule has 1 N–H and O–H groups in total. The summed E-state index contributed by atoms with van der Waals surface area (Å²) in [5.41, 5.74) is 0.277. The van der Waals surface area contributed by atoms with Crippen LogP contribution < -0.4 is 5.32 Å². The van der Waals surface area contributed by atoms with Gasteiger partial charge in [-0.25, -0.2) is 8.42 Å². The fraction of sp³-hybridized carbons (Fsp3) is 0.579. The van der Waals surface area contributed by atoms with Crippen molar-refractivity contribution in [1.29, 1.82) is 0 Å². The number of nitrogens with zero attached hydrogens (tertiary/aromatic N) is 1. The minimum absolute atomic E-state index is 0.00485. The summed E-state index contributed by atoms with van der Waals surface area (Å²) < 4.78 is 23.4. The smallest absolute Gasteiger partial charge is 0.227 e. The Bertz CT molecular complexity index is 778. The molecule has 1 aromatic carbocycles. The van der Waals surface area contributed by atoms with Crippen LogP contribution in [0.15, 0.2) is 30.3 Å². The first kappa shape index (κ1) is 18.9. The largest absolute Gasteiger partial charge is 0.350 e. The third-order valence-corrected chi connectivity index (χ3v) is 7.17. The summed E-state index contributed by atoms with van der Waals surface area (Å²) >= 11 is 0. The highest BCUT2D eigenvalue weighted by molar-refractivity contribution is 7.91. The van der Waals surface area contributed by atoms with Crippen molar-refractivity contribution in [2.75, 3.05) is 24.6 Å². The average Bonchev–Trinajstić information content (AvgIpc) is 2.88. The predicted octanol–water partition coefficient (Wildman–Crippen LogP) is 1.16. The average molecular weight is 378 g/mol. The van der Waals surface area contributed by atoms with Crippen molar-refractivity contribution in [3.8, 4) is 0 Å². The summed E-state index contributed by atoms with van der Waals surface area (Å²) in [6.45, 7) is 2.86. The molecule has 0 aromatic heterocycles. The van der Waals surface area contributed by atoms with Gasteiger partial charge in [-0.15, -0.1) is 0 Å². The van der Waals surface area contributed by atoms with E-state index in [0.29, 0.717) is 25.9 Å². The van der Waals surface area contributed by atoms with E-state index in [1.54, 1.807) is 11.8 Å². The Morgan fingerprint density at radius 2 is 2.00 bits per heavy atom. The molecule has 0 spiro atoms. The zero-order chi connectivity index (χ0) is 18.8. The van der Waals surface area contributed by atoms with Crippen molar-refractivity contribution < 1.29 is 18.0 Å². The second kappa shape index (κ2) is 7.39. The van der Waals surface area contributed by atoms with Crippen LogP contribution in [0.1, 0.15) is 31.7 Å². The Morgan fingerprint density at radius 3 is 2.65 bits per heavy atom. The molecule has 2 aliphatic heterocycles. The van der Waals surface area contributed by atoms with Gasteiger partial charge < -0.3 is 10.2 Å². The number of piperidine rings is 1. The van der Waals surface area contributed by atoms with Crippen molar-refractivity contribution in [3.05, 3.63) is 35.9 Å². The van der Waals surface area contributed by atoms with Crippen LogP contribution in [0, 0.1) is 5.92 Å². The van der Waals surface area contributed by atoms with Crippen LogP contribution in [0.4, 0.5) is 0 Å². The fourth-order valence-electron chi connectivity index (χ4n) is 3.81. The van der Waals surface area contributed by atoms with E-state index in [-0.39, 0.29) is 29.2 Å². The first-order valence-electron chi connectivity index (χ1n) is 9.11. The summed E-state index contributed by atoms with van der Waals surface area (Å²) in [4.78, 5) is 27.0. The Balaban J connectivity index is 1.57. The SMILES string of the molecule is C[C@]1(NC(=O)[C@@H]2CCCN(C(=O)Cc3ccccc3)C2)CCS(=O)(=O)C1. The summed E-state index contributed by atoms with van der Waals surface area (Å²) in [6.07, 6.45) is 2.30. The van der Waals surface area contributed by atoms with E-state index in [0.717, 1.165) is 18.4 Å². The molecule has 2 atom stereocenters. The van der Waals surface area contributed by atoms with E-state index in [2.05, 4.69) is 5.32 Å². The lowest BCUT2D eigenvalue weighted by molar-refractivity contribution is -0.135. The summed E-state index contributed by atoms with van der Waals surface area (Å²) in [5, 5.41) is 2.93. The van der Waals surface area contributed by atoms with E-state index in [1.807, 2.05) is 30.3 Å². The number of carbonyl (C=O) groups is 2. The van der Waals surface area contributed by atoms with E-state index < -0.39 is 15.4 Å². The third kappa shape index (κ3) is 4.63. The highest BCUT2D eigenvalue weighted by Crippen LogP contribution is 2.25. The molecule has 0 radical (unpaired) electrons. The molecule has 2 heterocycles. The van der Waals surface area contributed by atoms with E-state index >= 15 is 0 Å². The second-order valence-corrected chi connectivity index (χ2v) is 9.92. The predicted molar refractivity (Wildman–Crippen MR) is 99.3 cm³/mol. The van der Waals surface area contributed by atoms with Crippen LogP contribution in [-0.2, 0) is 25.8 Å². The van der Waals surface area contributed by atoms with Gasteiger partial charge in [0.1, 0.15) is 0 Å². The quantitative estimate of drug-likeness (QED) is 0.852. The molecule has 0 saturated carbocycles. The molecule has 2 aliphatic rings. The zero-order valence-electron chi connectivity index (χ0n) is 15.1. The van der Waals surface area contributed by atoms with E-state index in [1.165, 1.54) is 0 Å². The van der Waals surface area contributed by atoms with Gasteiger partial charge in [-0.3, -0.25) is 9.59 Å². The first-order valence-corrected chi connectivity index (χ1v) is 10.9. The summed E-state index contributed by atoms with van der Waals surface area (Å²) in [6, 6.07) is 9.58. The Morgan fingerprint density at radius 1 is 1.27 bits per heavy atom. The maximum absolute atomic E-state index is 12.7. The van der Waals surface area contributed by atoms with E-state index in [4.69, 9.17) is 0 Å². The second-order valence-electron chi connectivity index (χ2n) is 7.73. The molecule has 26 heavy (non-hydrogen) atoms. The van der Waals surface area contributed by atoms with Gasteiger partial charge in [0.25, 0.3) is 0 Å². The van der Waals surface area contributed by atoms with Gasteiger partial charge in [-0.2, -0.15) is 0 Å². The number of nitrogens with one attached hydrogen (secondary N) is 1. The van der Waals surface area contributed by atoms with Crippen LogP contribution in [0.5, 0.6) is 0 Å². The molecule has 2 saturated heterocycles. The molecule has 2 amide bonds.